The molecule has 2 aromatic rings. The van der Waals surface area contributed by atoms with Crippen LogP contribution in [0.3, 0.4) is 0 Å². The van der Waals surface area contributed by atoms with Crippen molar-refractivity contribution in [2.24, 2.45) is 0 Å². The Kier molecular flexibility index (Phi) is 5.38. The van der Waals surface area contributed by atoms with Gasteiger partial charge in [-0.2, -0.15) is 0 Å². The maximum atomic E-state index is 11.1. The Morgan fingerprint density at radius 3 is 2.60 bits per heavy atom. The van der Waals surface area contributed by atoms with Crippen LogP contribution in [0.4, 0.5) is 0 Å². The lowest BCUT2D eigenvalue weighted by Crippen LogP contribution is -1.97. The first kappa shape index (κ1) is 15.7. The van der Waals surface area contributed by atoms with Crippen LogP contribution >= 0.6 is 50.9 Å². The molecule has 0 aromatic heterocycles. The van der Waals surface area contributed by atoms with Gasteiger partial charge in [0.2, 0.25) is 0 Å². The van der Waals surface area contributed by atoms with Crippen LogP contribution < -0.4 is 0 Å². The lowest BCUT2D eigenvalue weighted by molar-refractivity contribution is 0.0695. The SMILES string of the molecule is O=C(O)c1cc(SCc2ccc(Cl)cc2Cl)ccc1Br. The molecule has 0 spiro atoms. The van der Waals surface area contributed by atoms with E-state index in [1.54, 1.807) is 24.3 Å². The predicted molar refractivity (Wildman–Crippen MR) is 87.1 cm³/mol. The molecule has 0 unspecified atom stereocenters. The van der Waals surface area contributed by atoms with Crippen molar-refractivity contribution in [3.63, 3.8) is 0 Å². The van der Waals surface area contributed by atoms with Gasteiger partial charge < -0.3 is 5.11 Å². The number of carboxylic acids is 1. The second-order valence-corrected chi connectivity index (χ2v) is 6.72. The minimum Gasteiger partial charge on any atom is -0.478 e. The second kappa shape index (κ2) is 6.85. The first-order valence-electron chi connectivity index (χ1n) is 5.57. The first-order chi connectivity index (χ1) is 9.47. The van der Waals surface area contributed by atoms with Gasteiger partial charge in [-0.3, -0.25) is 0 Å². The van der Waals surface area contributed by atoms with Crippen molar-refractivity contribution in [3.05, 3.63) is 62.0 Å². The molecule has 0 heterocycles. The van der Waals surface area contributed by atoms with Crippen LogP contribution in [0.1, 0.15) is 15.9 Å². The van der Waals surface area contributed by atoms with Gasteiger partial charge in [0.25, 0.3) is 0 Å². The summed E-state index contributed by atoms with van der Waals surface area (Å²) >= 11 is 16.7. The molecule has 0 radical (unpaired) electrons. The Labute approximate surface area is 139 Å². The van der Waals surface area contributed by atoms with Gasteiger partial charge in [0.05, 0.1) is 5.56 Å². The van der Waals surface area contributed by atoms with E-state index in [2.05, 4.69) is 15.9 Å². The van der Waals surface area contributed by atoms with Crippen LogP contribution in [0.2, 0.25) is 10.0 Å². The Balaban J connectivity index is 2.15. The fraction of sp³-hybridized carbons (Fsp3) is 0.0714. The number of halogens is 3. The van der Waals surface area contributed by atoms with Crippen LogP contribution in [-0.2, 0) is 5.75 Å². The summed E-state index contributed by atoms with van der Waals surface area (Å²) in [7, 11) is 0. The van der Waals surface area contributed by atoms with E-state index in [0.717, 1.165) is 10.5 Å². The molecule has 0 aliphatic rings. The molecule has 0 amide bonds. The summed E-state index contributed by atoms with van der Waals surface area (Å²) in [5, 5.41) is 10.3. The summed E-state index contributed by atoms with van der Waals surface area (Å²) < 4.78 is 0.568. The van der Waals surface area contributed by atoms with Gasteiger partial charge in [-0.1, -0.05) is 29.3 Å². The highest BCUT2D eigenvalue weighted by atomic mass is 79.9. The smallest absolute Gasteiger partial charge is 0.336 e. The van der Waals surface area contributed by atoms with E-state index in [1.165, 1.54) is 11.8 Å². The van der Waals surface area contributed by atoms with Gasteiger partial charge in [-0.05, 0) is 51.8 Å². The summed E-state index contributed by atoms with van der Waals surface area (Å²) in [6.07, 6.45) is 0. The summed E-state index contributed by atoms with van der Waals surface area (Å²) in [6.45, 7) is 0. The molecule has 6 heteroatoms. The van der Waals surface area contributed by atoms with Crippen LogP contribution in [0.15, 0.2) is 45.8 Å². The van der Waals surface area contributed by atoms with Crippen molar-refractivity contribution in [3.8, 4) is 0 Å². The van der Waals surface area contributed by atoms with Crippen molar-refractivity contribution < 1.29 is 9.90 Å². The average molecular weight is 392 g/mol. The van der Waals surface area contributed by atoms with Crippen molar-refractivity contribution in [1.29, 1.82) is 0 Å². The Morgan fingerprint density at radius 2 is 1.95 bits per heavy atom. The molecule has 0 aliphatic heterocycles. The monoisotopic (exact) mass is 390 g/mol. The van der Waals surface area contributed by atoms with Crippen molar-refractivity contribution >= 4 is 56.9 Å². The molecule has 0 saturated carbocycles. The highest BCUT2D eigenvalue weighted by molar-refractivity contribution is 9.10. The fourth-order valence-corrected chi connectivity index (χ4v) is 3.47. The molecule has 0 aliphatic carbocycles. The van der Waals surface area contributed by atoms with Gasteiger partial charge in [0, 0.05) is 25.2 Å². The van der Waals surface area contributed by atoms with E-state index in [1.807, 2.05) is 12.1 Å². The summed E-state index contributed by atoms with van der Waals surface area (Å²) in [5.41, 5.74) is 1.21. The molecular formula is C14H9BrCl2O2S. The van der Waals surface area contributed by atoms with E-state index >= 15 is 0 Å². The van der Waals surface area contributed by atoms with Crippen molar-refractivity contribution in [1.82, 2.24) is 0 Å². The van der Waals surface area contributed by atoms with Gasteiger partial charge in [0.1, 0.15) is 0 Å². The number of hydrogen-bond donors (Lipinski definition) is 1. The third-order valence-electron chi connectivity index (χ3n) is 2.58. The van der Waals surface area contributed by atoms with Crippen molar-refractivity contribution in [2.75, 3.05) is 0 Å². The zero-order valence-corrected chi connectivity index (χ0v) is 14.0. The normalized spacial score (nSPS) is 10.6. The average Bonchev–Trinajstić information content (AvgIpc) is 2.39. The number of benzene rings is 2. The van der Waals surface area contributed by atoms with E-state index < -0.39 is 5.97 Å². The molecule has 2 rings (SSSR count). The van der Waals surface area contributed by atoms with E-state index in [4.69, 9.17) is 28.3 Å². The third kappa shape index (κ3) is 3.92. The van der Waals surface area contributed by atoms with Crippen LogP contribution in [0.5, 0.6) is 0 Å². The number of thioether (sulfide) groups is 1. The molecular weight excluding hydrogens is 383 g/mol. The third-order valence-corrected chi connectivity index (χ3v) is 4.90. The number of hydrogen-bond acceptors (Lipinski definition) is 2. The van der Waals surface area contributed by atoms with Crippen LogP contribution in [-0.4, -0.2) is 11.1 Å². The standard InChI is InChI=1S/C14H9BrCl2O2S/c15-12-4-3-10(6-11(12)14(18)19)20-7-8-1-2-9(16)5-13(8)17/h1-6H,7H2,(H,18,19). The zero-order chi connectivity index (χ0) is 14.7. The molecule has 2 nitrogen and oxygen atoms in total. The topological polar surface area (TPSA) is 37.3 Å². The van der Waals surface area contributed by atoms with E-state index in [9.17, 15) is 4.79 Å². The number of carboxylic acid groups (broad SMARTS) is 1. The maximum absolute atomic E-state index is 11.1. The molecule has 0 atom stereocenters. The highest BCUT2D eigenvalue weighted by Crippen LogP contribution is 2.30. The number of carbonyl (C=O) groups is 1. The summed E-state index contributed by atoms with van der Waals surface area (Å²) in [6, 6.07) is 10.6. The molecule has 2 aromatic carbocycles. The molecule has 20 heavy (non-hydrogen) atoms. The molecule has 1 N–H and O–H groups in total. The molecule has 104 valence electrons. The second-order valence-electron chi connectivity index (χ2n) is 3.97. The quantitative estimate of drug-likeness (QED) is 0.674. The van der Waals surface area contributed by atoms with Crippen LogP contribution in [0, 0.1) is 0 Å². The lowest BCUT2D eigenvalue weighted by atomic mass is 10.2. The Morgan fingerprint density at radius 1 is 1.20 bits per heavy atom. The first-order valence-corrected chi connectivity index (χ1v) is 8.10. The fourth-order valence-electron chi connectivity index (χ4n) is 1.56. The summed E-state index contributed by atoms with van der Waals surface area (Å²) in [5.74, 6) is -0.305. The molecule has 0 bridgehead atoms. The number of aromatic carboxylic acids is 1. The lowest BCUT2D eigenvalue weighted by Gasteiger charge is -2.06. The Hall–Kier alpha value is -0.680. The van der Waals surface area contributed by atoms with Gasteiger partial charge in [-0.15, -0.1) is 11.8 Å². The van der Waals surface area contributed by atoms with Gasteiger partial charge in [0.15, 0.2) is 0 Å². The van der Waals surface area contributed by atoms with Crippen LogP contribution in [0.25, 0.3) is 0 Å². The summed E-state index contributed by atoms with van der Waals surface area (Å²) in [4.78, 5) is 11.9. The molecule has 0 saturated heterocycles. The van der Waals surface area contributed by atoms with Gasteiger partial charge in [-0.25, -0.2) is 4.79 Å². The number of rotatable bonds is 4. The Bertz CT molecular complexity index is 662. The predicted octanol–water partition coefficient (Wildman–Crippen LogP) is 5.75. The highest BCUT2D eigenvalue weighted by Gasteiger charge is 2.10. The zero-order valence-electron chi connectivity index (χ0n) is 10.1. The maximum Gasteiger partial charge on any atom is 0.336 e. The minimum absolute atomic E-state index is 0.247. The van der Waals surface area contributed by atoms with Gasteiger partial charge >= 0.3 is 5.97 Å². The largest absolute Gasteiger partial charge is 0.478 e. The van der Waals surface area contributed by atoms with E-state index in [0.29, 0.717) is 20.3 Å². The molecule has 0 fully saturated rings. The van der Waals surface area contributed by atoms with E-state index in [-0.39, 0.29) is 5.56 Å². The van der Waals surface area contributed by atoms with Crippen molar-refractivity contribution in [2.45, 2.75) is 10.6 Å². The minimum atomic E-state index is -0.955.